The van der Waals surface area contributed by atoms with Crippen molar-refractivity contribution in [2.45, 2.75) is 97.1 Å². The van der Waals surface area contributed by atoms with Gasteiger partial charge in [-0.15, -0.1) is 0 Å². The predicted octanol–water partition coefficient (Wildman–Crippen LogP) is 1.71. The van der Waals surface area contributed by atoms with Gasteiger partial charge in [0.2, 0.25) is 5.91 Å². The minimum absolute atomic E-state index is 0. The van der Waals surface area contributed by atoms with Crippen LogP contribution in [-0.2, 0) is 21.9 Å². The molecule has 0 aromatic rings. The van der Waals surface area contributed by atoms with E-state index in [1.54, 1.807) is 0 Å². The number of aliphatic carboxylic acids is 1. The fourth-order valence-corrected chi connectivity index (χ4v) is 18.3. The molecule has 0 aliphatic rings. The minimum Gasteiger partial charge on any atom is -1.00 e. The molecular weight excluding hydrogens is 580 g/mol. The summed E-state index contributed by atoms with van der Waals surface area (Å²) >= 11 is 0. The summed E-state index contributed by atoms with van der Waals surface area (Å²) in [5.41, 5.74) is 0. The fourth-order valence-electron chi connectivity index (χ4n) is 3.68. The van der Waals surface area contributed by atoms with Crippen molar-refractivity contribution in [2.24, 2.45) is 0 Å². The van der Waals surface area contributed by atoms with Crippen molar-refractivity contribution in [2.75, 3.05) is 33.7 Å². The van der Waals surface area contributed by atoms with Gasteiger partial charge < -0.3 is 44.2 Å². The first-order valence-electron chi connectivity index (χ1n) is 12.5. The summed E-state index contributed by atoms with van der Waals surface area (Å²) in [5, 5.41) is 12.0. The van der Waals surface area contributed by atoms with Crippen LogP contribution in [0.15, 0.2) is 0 Å². The van der Waals surface area contributed by atoms with Crippen LogP contribution in [0.2, 0.25) is 65.0 Å². The second kappa shape index (κ2) is 15.5. The second-order valence-electron chi connectivity index (χ2n) is 12.8. The summed E-state index contributed by atoms with van der Waals surface area (Å²) < 4.78 is 20.5. The Morgan fingerprint density at radius 2 is 1.23 bits per heavy atom. The topological polar surface area (TPSA) is 94.1 Å². The van der Waals surface area contributed by atoms with Crippen molar-refractivity contribution in [3.05, 3.63) is 0 Å². The Morgan fingerprint density at radius 1 is 0.771 bits per heavy atom. The van der Waals surface area contributed by atoms with E-state index in [2.05, 4.69) is 64.2 Å². The summed E-state index contributed by atoms with van der Waals surface area (Å²) in [6, 6.07) is 0.725. The van der Waals surface area contributed by atoms with Gasteiger partial charge in [0.25, 0.3) is 0 Å². The van der Waals surface area contributed by atoms with Gasteiger partial charge in [-0.2, -0.15) is 0 Å². The van der Waals surface area contributed by atoms with Crippen LogP contribution in [-0.4, -0.2) is 89.0 Å². The van der Waals surface area contributed by atoms with Crippen LogP contribution in [0.1, 0.15) is 32.1 Å². The summed E-state index contributed by atoms with van der Waals surface area (Å²) in [4.78, 5) is 23.2. The molecule has 0 aromatic heterocycles. The van der Waals surface area contributed by atoms with E-state index in [0.717, 1.165) is 38.3 Å². The molecule has 0 unspecified atom stereocenters. The van der Waals surface area contributed by atoms with Gasteiger partial charge in [0.1, 0.15) is 0 Å². The SMILES string of the molecule is C[N+](C)(CCCCCC(=O)NCCC[Si](O[Si](C)(C)C)(O[Si](C)(C)C)O[Si](C)(C)C)CC(=O)O.[Br-]. The normalized spacial score (nSPS) is 13.3. The molecule has 0 spiro atoms. The highest BCUT2D eigenvalue weighted by Gasteiger charge is 2.49. The number of hydrogen-bond donors (Lipinski definition) is 2. The molecule has 0 aliphatic heterocycles. The van der Waals surface area contributed by atoms with Crippen molar-refractivity contribution in [3.63, 3.8) is 0 Å². The van der Waals surface area contributed by atoms with Crippen molar-refractivity contribution < 1.29 is 48.5 Å². The van der Waals surface area contributed by atoms with Gasteiger partial charge in [-0.1, -0.05) is 0 Å². The first-order valence-corrected chi connectivity index (χ1v) is 24.7. The van der Waals surface area contributed by atoms with E-state index >= 15 is 0 Å². The smallest absolute Gasteiger partial charge is 0.469 e. The van der Waals surface area contributed by atoms with Gasteiger partial charge in [0.15, 0.2) is 31.5 Å². The molecule has 0 radical (unpaired) electrons. The number of carboxylic acids is 1. The number of likely N-dealkylation sites (N-methyl/N-ethyl adjacent to an activating group) is 1. The molecule has 0 bridgehead atoms. The van der Waals surface area contributed by atoms with Gasteiger partial charge >= 0.3 is 14.8 Å². The van der Waals surface area contributed by atoms with E-state index in [1.165, 1.54) is 0 Å². The van der Waals surface area contributed by atoms with Crippen LogP contribution in [0.4, 0.5) is 0 Å². The standard InChI is InChI=1S/C22H52N2O6Si4.BrH/c1-24(2,20-22(26)27)18-14-12-13-16-21(25)23-17-15-19-34(28-31(3,4)5,29-32(6,7)8)30-33(9,10)11;/h12-20H2,1-11H3,(H-,23,25,26,27);1H. The molecule has 35 heavy (non-hydrogen) atoms. The zero-order chi connectivity index (χ0) is 26.8. The average molecular weight is 634 g/mol. The van der Waals surface area contributed by atoms with Crippen LogP contribution in [0.3, 0.4) is 0 Å². The number of carbonyl (C=O) groups is 2. The molecule has 0 aliphatic carbocycles. The number of carboxylic acid groups (broad SMARTS) is 1. The van der Waals surface area contributed by atoms with Gasteiger partial charge in [-0.05, 0) is 84.6 Å². The summed E-state index contributed by atoms with van der Waals surface area (Å²) in [7, 11) is -4.66. The lowest BCUT2D eigenvalue weighted by molar-refractivity contribution is -0.883. The monoisotopic (exact) mass is 632 g/mol. The highest BCUT2D eigenvalue weighted by Crippen LogP contribution is 2.29. The Bertz CT molecular complexity index is 609. The highest BCUT2D eigenvalue weighted by atomic mass is 79.9. The maximum absolute atomic E-state index is 12.3. The van der Waals surface area contributed by atoms with Gasteiger partial charge in [0, 0.05) is 19.0 Å². The van der Waals surface area contributed by atoms with Gasteiger partial charge in [0.05, 0.1) is 20.6 Å². The average Bonchev–Trinajstić information content (AvgIpc) is 2.52. The van der Waals surface area contributed by atoms with Crippen molar-refractivity contribution >= 4 is 45.6 Å². The summed E-state index contributed by atoms with van der Waals surface area (Å²) in [5.74, 6) is -0.716. The molecule has 8 nitrogen and oxygen atoms in total. The zero-order valence-electron chi connectivity index (χ0n) is 24.2. The molecule has 0 heterocycles. The lowest BCUT2D eigenvalue weighted by Crippen LogP contribution is -3.00. The lowest BCUT2D eigenvalue weighted by Gasteiger charge is -2.43. The molecule has 1 amide bonds. The van der Waals surface area contributed by atoms with Crippen LogP contribution in [0.25, 0.3) is 0 Å². The third-order valence-corrected chi connectivity index (χ3v) is 16.6. The Kier molecular flexibility index (Phi) is 16.5. The maximum Gasteiger partial charge on any atom is 0.469 e. The third-order valence-electron chi connectivity index (χ3n) is 4.60. The second-order valence-corrected chi connectivity index (χ2v) is 29.8. The van der Waals surface area contributed by atoms with Crippen molar-refractivity contribution in [3.8, 4) is 0 Å². The molecule has 0 saturated heterocycles. The Morgan fingerprint density at radius 3 is 1.63 bits per heavy atom. The number of nitrogens with one attached hydrogen (secondary N) is 1. The van der Waals surface area contributed by atoms with Crippen molar-refractivity contribution in [1.29, 1.82) is 0 Å². The van der Waals surface area contributed by atoms with E-state index in [1.807, 2.05) is 14.1 Å². The van der Waals surface area contributed by atoms with E-state index in [9.17, 15) is 9.59 Å². The lowest BCUT2D eigenvalue weighted by atomic mass is 10.1. The number of amides is 1. The Balaban J connectivity index is 0. The molecule has 0 fully saturated rings. The minimum atomic E-state index is -2.85. The molecule has 0 atom stereocenters. The largest absolute Gasteiger partial charge is 1.00 e. The molecule has 0 saturated carbocycles. The molecular formula is C22H53BrN2O6Si4. The van der Waals surface area contributed by atoms with E-state index in [4.69, 9.17) is 17.5 Å². The third kappa shape index (κ3) is 21.9. The van der Waals surface area contributed by atoms with Crippen LogP contribution < -0.4 is 22.3 Å². The predicted molar refractivity (Wildman–Crippen MR) is 149 cm³/mol. The summed E-state index contributed by atoms with van der Waals surface area (Å²) in [6.07, 6.45) is 3.92. The molecule has 13 heteroatoms. The van der Waals surface area contributed by atoms with Gasteiger partial charge in [-0.3, -0.25) is 4.79 Å². The number of carbonyl (C=O) groups excluding carboxylic acids is 1. The molecule has 0 rings (SSSR count). The van der Waals surface area contributed by atoms with Gasteiger partial charge in [-0.25, -0.2) is 4.79 Å². The molecule has 0 aromatic carbocycles. The van der Waals surface area contributed by atoms with Crippen molar-refractivity contribution in [1.82, 2.24) is 5.32 Å². The number of halogens is 1. The number of unbranched alkanes of at least 4 members (excludes halogenated alkanes) is 2. The molecule has 2 N–H and O–H groups in total. The van der Waals surface area contributed by atoms with E-state index in [0.29, 0.717) is 17.4 Å². The quantitative estimate of drug-likeness (QED) is 0.136. The number of nitrogens with zero attached hydrogens (tertiary/aromatic N) is 1. The van der Waals surface area contributed by atoms with Crippen LogP contribution in [0, 0.1) is 0 Å². The Hall–Kier alpha value is 0.128. The van der Waals surface area contributed by atoms with Crippen LogP contribution >= 0.6 is 0 Å². The first kappa shape index (κ1) is 37.3. The molecule has 210 valence electrons. The van der Waals surface area contributed by atoms with Crippen LogP contribution in [0.5, 0.6) is 0 Å². The summed E-state index contributed by atoms with van der Waals surface area (Å²) in [6.45, 7) is 21.1. The number of rotatable bonds is 18. The maximum atomic E-state index is 12.3. The fraction of sp³-hybridized carbons (Fsp3) is 0.909. The highest BCUT2D eigenvalue weighted by molar-refractivity contribution is 6.90. The number of quaternary nitrogens is 1. The van der Waals surface area contributed by atoms with E-state index in [-0.39, 0.29) is 29.4 Å². The zero-order valence-corrected chi connectivity index (χ0v) is 29.8. The first-order chi connectivity index (χ1) is 15.1. The Labute approximate surface area is 229 Å². The number of hydrogen-bond acceptors (Lipinski definition) is 5. The van der Waals surface area contributed by atoms with E-state index < -0.39 is 39.7 Å².